The molecule has 3 aromatic rings. The molecule has 8 heteroatoms. The highest BCUT2D eigenvalue weighted by molar-refractivity contribution is 5.79. The van der Waals surface area contributed by atoms with E-state index in [4.69, 9.17) is 4.74 Å². The van der Waals surface area contributed by atoms with Gasteiger partial charge in [-0.2, -0.15) is 13.2 Å². The average Bonchev–Trinajstić information content (AvgIpc) is 3.16. The Balaban J connectivity index is 1.30. The summed E-state index contributed by atoms with van der Waals surface area (Å²) in [4.78, 5) is 18.0. The van der Waals surface area contributed by atoms with Gasteiger partial charge in [0.1, 0.15) is 6.61 Å². The van der Waals surface area contributed by atoms with Crippen LogP contribution >= 0.6 is 0 Å². The number of piperazine rings is 1. The zero-order valence-corrected chi connectivity index (χ0v) is 17.7. The Hall–Kier alpha value is -3.39. The van der Waals surface area contributed by atoms with Gasteiger partial charge in [-0.3, -0.25) is 4.98 Å². The van der Waals surface area contributed by atoms with Crippen LogP contribution in [0.5, 0.6) is 0 Å². The average molecular weight is 453 g/mol. The van der Waals surface area contributed by atoms with Crippen LogP contribution in [0.25, 0.3) is 11.1 Å². The molecule has 1 atom stereocenters. The van der Waals surface area contributed by atoms with Crippen molar-refractivity contribution in [2.45, 2.75) is 18.1 Å². The Kier molecular flexibility index (Phi) is 5.54. The number of pyridine rings is 1. The molecular formula is C25H22F3N3O2. The molecular weight excluding hydrogens is 431 g/mol. The number of amides is 1. The number of aromatic nitrogens is 1. The number of rotatable bonds is 3. The van der Waals surface area contributed by atoms with Crippen molar-refractivity contribution in [3.8, 4) is 11.1 Å². The van der Waals surface area contributed by atoms with Crippen LogP contribution in [0.4, 0.5) is 18.0 Å². The molecule has 0 bridgehead atoms. The SMILES string of the molecule is O=C(OCC1c2ccccc2-c2ccccc21)N1CCNC(c2ccncc2C(F)(F)F)C1. The van der Waals surface area contributed by atoms with Gasteiger partial charge in [-0.25, -0.2) is 4.79 Å². The highest BCUT2D eigenvalue weighted by atomic mass is 19.4. The third kappa shape index (κ3) is 4.06. The van der Waals surface area contributed by atoms with Crippen LogP contribution < -0.4 is 5.32 Å². The fraction of sp³-hybridized carbons (Fsp3) is 0.280. The maximum atomic E-state index is 13.4. The number of carbonyl (C=O) groups excluding carboxylic acids is 1. The van der Waals surface area contributed by atoms with E-state index in [1.54, 1.807) is 0 Å². The molecule has 1 aliphatic carbocycles. The van der Waals surface area contributed by atoms with Crippen molar-refractivity contribution < 1.29 is 22.7 Å². The van der Waals surface area contributed by atoms with Crippen molar-refractivity contribution in [1.82, 2.24) is 15.2 Å². The topological polar surface area (TPSA) is 54.5 Å². The molecule has 5 nitrogen and oxygen atoms in total. The fourth-order valence-electron chi connectivity index (χ4n) is 4.76. The maximum Gasteiger partial charge on any atom is 0.418 e. The van der Waals surface area contributed by atoms with Gasteiger partial charge in [0.15, 0.2) is 0 Å². The van der Waals surface area contributed by atoms with Crippen LogP contribution in [-0.2, 0) is 10.9 Å². The molecule has 5 rings (SSSR count). The monoisotopic (exact) mass is 453 g/mol. The first kappa shape index (κ1) is 21.5. The Morgan fingerprint density at radius 2 is 1.70 bits per heavy atom. The summed E-state index contributed by atoms with van der Waals surface area (Å²) < 4.78 is 46.0. The number of halogens is 3. The van der Waals surface area contributed by atoms with Crippen LogP contribution in [0.1, 0.15) is 34.2 Å². The van der Waals surface area contributed by atoms with E-state index >= 15 is 0 Å². The molecule has 170 valence electrons. The number of nitrogens with one attached hydrogen (secondary N) is 1. The van der Waals surface area contributed by atoms with E-state index in [1.165, 1.54) is 17.2 Å². The lowest BCUT2D eigenvalue weighted by Gasteiger charge is -2.34. The molecule has 0 radical (unpaired) electrons. The summed E-state index contributed by atoms with van der Waals surface area (Å²) in [6.45, 7) is 0.988. The maximum absolute atomic E-state index is 13.4. The van der Waals surface area contributed by atoms with Gasteiger partial charge in [-0.1, -0.05) is 48.5 Å². The first-order valence-corrected chi connectivity index (χ1v) is 10.8. The molecule has 1 aromatic heterocycles. The predicted molar refractivity (Wildman–Crippen MR) is 117 cm³/mol. The standard InChI is InChI=1S/C25H22F3N3O2/c26-25(27,28)22-13-29-10-9-20(22)23-14-31(12-11-30-23)24(32)33-15-21-18-7-3-1-5-16(18)17-6-2-4-8-19(17)21/h1-10,13,21,23,30H,11-12,14-15H2. The van der Waals surface area contributed by atoms with Crippen molar-refractivity contribution in [3.63, 3.8) is 0 Å². The normalized spacial score (nSPS) is 18.0. The molecule has 1 N–H and O–H groups in total. The Bertz CT molecular complexity index is 1140. The van der Waals surface area contributed by atoms with Crippen LogP contribution in [0.2, 0.25) is 0 Å². The first-order valence-electron chi connectivity index (χ1n) is 10.8. The molecule has 1 saturated heterocycles. The number of carbonyl (C=O) groups is 1. The zero-order chi connectivity index (χ0) is 23.0. The van der Waals surface area contributed by atoms with E-state index in [2.05, 4.69) is 22.4 Å². The smallest absolute Gasteiger partial charge is 0.418 e. The number of fused-ring (bicyclic) bond motifs is 3. The largest absolute Gasteiger partial charge is 0.448 e. The second-order valence-electron chi connectivity index (χ2n) is 8.22. The fourth-order valence-corrected chi connectivity index (χ4v) is 4.76. The molecule has 33 heavy (non-hydrogen) atoms. The Morgan fingerprint density at radius 1 is 1.03 bits per heavy atom. The third-order valence-electron chi connectivity index (χ3n) is 6.31. The van der Waals surface area contributed by atoms with Gasteiger partial charge in [0.05, 0.1) is 11.6 Å². The summed E-state index contributed by atoms with van der Waals surface area (Å²) >= 11 is 0. The van der Waals surface area contributed by atoms with E-state index in [9.17, 15) is 18.0 Å². The first-order chi connectivity index (χ1) is 15.9. The lowest BCUT2D eigenvalue weighted by Crippen LogP contribution is -2.49. The van der Waals surface area contributed by atoms with E-state index in [1.807, 2.05) is 36.4 Å². The Morgan fingerprint density at radius 3 is 2.36 bits per heavy atom. The number of hydrogen-bond acceptors (Lipinski definition) is 4. The summed E-state index contributed by atoms with van der Waals surface area (Å²) in [6.07, 6.45) is -2.88. The molecule has 1 fully saturated rings. The van der Waals surface area contributed by atoms with E-state index in [0.717, 1.165) is 28.5 Å². The van der Waals surface area contributed by atoms with E-state index in [0.29, 0.717) is 13.1 Å². The zero-order valence-electron chi connectivity index (χ0n) is 17.7. The third-order valence-corrected chi connectivity index (χ3v) is 6.31. The van der Waals surface area contributed by atoms with Crippen LogP contribution in [0.15, 0.2) is 67.0 Å². The van der Waals surface area contributed by atoms with Crippen LogP contribution in [0, 0.1) is 0 Å². The summed E-state index contributed by atoms with van der Waals surface area (Å²) in [7, 11) is 0. The molecule has 1 aliphatic heterocycles. The van der Waals surface area contributed by atoms with Crippen molar-refractivity contribution in [3.05, 3.63) is 89.2 Å². The number of nitrogens with zero attached hydrogens (tertiary/aromatic N) is 2. The van der Waals surface area contributed by atoms with Crippen molar-refractivity contribution in [1.29, 1.82) is 0 Å². The highest BCUT2D eigenvalue weighted by Gasteiger charge is 2.37. The van der Waals surface area contributed by atoms with Crippen molar-refractivity contribution >= 4 is 6.09 Å². The lowest BCUT2D eigenvalue weighted by molar-refractivity contribution is -0.138. The van der Waals surface area contributed by atoms with Crippen molar-refractivity contribution in [2.75, 3.05) is 26.2 Å². The number of alkyl halides is 3. The van der Waals surface area contributed by atoms with Gasteiger partial charge in [0.2, 0.25) is 0 Å². The molecule has 0 saturated carbocycles. The summed E-state index contributed by atoms with van der Waals surface area (Å²) in [5.41, 5.74) is 3.76. The number of benzene rings is 2. The van der Waals surface area contributed by atoms with Crippen molar-refractivity contribution in [2.24, 2.45) is 0 Å². The molecule has 1 unspecified atom stereocenters. The quantitative estimate of drug-likeness (QED) is 0.607. The van der Waals surface area contributed by atoms with Crippen LogP contribution in [0.3, 0.4) is 0 Å². The second kappa shape index (κ2) is 8.51. The molecule has 2 aromatic carbocycles. The number of ether oxygens (including phenoxy) is 1. The highest BCUT2D eigenvalue weighted by Crippen LogP contribution is 2.44. The summed E-state index contributed by atoms with van der Waals surface area (Å²) in [6, 6.07) is 16.8. The molecule has 2 aliphatic rings. The van der Waals surface area contributed by atoms with E-state index in [-0.39, 0.29) is 24.6 Å². The van der Waals surface area contributed by atoms with E-state index < -0.39 is 23.9 Å². The summed E-state index contributed by atoms with van der Waals surface area (Å²) in [5.74, 6) is -0.0721. The Labute approximate surface area is 189 Å². The second-order valence-corrected chi connectivity index (χ2v) is 8.22. The summed E-state index contributed by atoms with van der Waals surface area (Å²) in [5, 5.41) is 3.08. The van der Waals surface area contributed by atoms with Gasteiger partial charge < -0.3 is 15.0 Å². The van der Waals surface area contributed by atoms with Gasteiger partial charge in [0, 0.05) is 37.9 Å². The predicted octanol–water partition coefficient (Wildman–Crippen LogP) is 5.00. The minimum absolute atomic E-state index is 0.0721. The van der Waals surface area contributed by atoms with Gasteiger partial charge in [-0.05, 0) is 33.9 Å². The number of hydrogen-bond donors (Lipinski definition) is 1. The lowest BCUT2D eigenvalue weighted by atomic mass is 9.98. The molecule has 0 spiro atoms. The molecule has 1 amide bonds. The van der Waals surface area contributed by atoms with Gasteiger partial charge in [0.25, 0.3) is 0 Å². The minimum atomic E-state index is -4.52. The van der Waals surface area contributed by atoms with Crippen LogP contribution in [-0.4, -0.2) is 42.2 Å². The van der Waals surface area contributed by atoms with Gasteiger partial charge >= 0.3 is 12.3 Å². The molecule has 2 heterocycles. The van der Waals surface area contributed by atoms with Gasteiger partial charge in [-0.15, -0.1) is 0 Å². The minimum Gasteiger partial charge on any atom is -0.448 e.